The molecule has 1 aliphatic rings. The number of morpholine rings is 1. The Kier molecular flexibility index (Phi) is 5.91. The first kappa shape index (κ1) is 21.0. The number of rotatable bonds is 6. The number of pyridine rings is 3. The van der Waals surface area contributed by atoms with E-state index in [-0.39, 0.29) is 5.56 Å². The van der Waals surface area contributed by atoms with E-state index in [9.17, 15) is 4.79 Å². The summed E-state index contributed by atoms with van der Waals surface area (Å²) in [6.45, 7) is 5.90. The van der Waals surface area contributed by atoms with Gasteiger partial charge in [0.15, 0.2) is 0 Å². The molecule has 1 saturated heterocycles. The number of ether oxygens (including phenoxy) is 1. The van der Waals surface area contributed by atoms with Gasteiger partial charge in [0.05, 0.1) is 18.6 Å². The molecule has 0 bridgehead atoms. The Bertz CT molecular complexity index is 1310. The zero-order valence-corrected chi connectivity index (χ0v) is 18.5. The summed E-state index contributed by atoms with van der Waals surface area (Å²) in [5.74, 6) is 1.86. The van der Waals surface area contributed by atoms with E-state index in [0.717, 1.165) is 42.8 Å². The normalized spacial score (nSPS) is 13.8. The Morgan fingerprint density at radius 1 is 1.06 bits per heavy atom. The van der Waals surface area contributed by atoms with Gasteiger partial charge in [0.25, 0.3) is 5.56 Å². The standard InChI is InChI=1S/C25H26N6O2/c1-17-6-8-26-21(14-17)29-22-15-19-7-9-27-25(32)23(19)24(30-22)28-16-18-2-4-20(5-3-18)31-10-12-33-13-11-31/h2-9,14-15H,10-13,16H2,1H3,(H,27,32)(H2,26,28,29,30). The van der Waals surface area contributed by atoms with E-state index in [1.807, 2.05) is 31.2 Å². The molecule has 168 valence electrons. The third-order valence-electron chi connectivity index (χ3n) is 5.70. The largest absolute Gasteiger partial charge is 0.378 e. The van der Waals surface area contributed by atoms with Gasteiger partial charge in [-0.1, -0.05) is 12.1 Å². The van der Waals surface area contributed by atoms with Crippen LogP contribution in [0.5, 0.6) is 0 Å². The van der Waals surface area contributed by atoms with Crippen molar-refractivity contribution >= 4 is 33.9 Å². The monoisotopic (exact) mass is 442 g/mol. The van der Waals surface area contributed by atoms with E-state index in [4.69, 9.17) is 4.74 Å². The highest BCUT2D eigenvalue weighted by Gasteiger charge is 2.12. The highest BCUT2D eigenvalue weighted by molar-refractivity contribution is 5.93. The minimum Gasteiger partial charge on any atom is -0.378 e. The van der Waals surface area contributed by atoms with Crippen LogP contribution in [0, 0.1) is 6.92 Å². The zero-order valence-electron chi connectivity index (χ0n) is 18.5. The molecule has 4 aromatic rings. The molecule has 8 nitrogen and oxygen atoms in total. The molecule has 1 aliphatic heterocycles. The molecule has 3 aromatic heterocycles. The number of nitrogens with zero attached hydrogens (tertiary/aromatic N) is 3. The summed E-state index contributed by atoms with van der Waals surface area (Å²) in [7, 11) is 0. The van der Waals surface area contributed by atoms with Crippen molar-refractivity contribution in [1.82, 2.24) is 15.0 Å². The summed E-state index contributed by atoms with van der Waals surface area (Å²) < 4.78 is 5.43. The van der Waals surface area contributed by atoms with Crippen molar-refractivity contribution in [3.8, 4) is 0 Å². The number of nitrogens with one attached hydrogen (secondary N) is 3. The first-order valence-electron chi connectivity index (χ1n) is 11.0. The SMILES string of the molecule is Cc1ccnc(Nc2cc3cc[nH]c(=O)c3c(NCc3ccc(N4CCOCC4)cc3)n2)c1. The molecule has 1 aromatic carbocycles. The number of benzene rings is 1. The van der Waals surface area contributed by atoms with E-state index in [1.54, 1.807) is 12.4 Å². The maximum Gasteiger partial charge on any atom is 0.259 e. The fourth-order valence-electron chi connectivity index (χ4n) is 3.97. The molecular formula is C25H26N6O2. The number of hydrogen-bond donors (Lipinski definition) is 3. The number of aromatic nitrogens is 3. The first-order valence-corrected chi connectivity index (χ1v) is 11.0. The summed E-state index contributed by atoms with van der Waals surface area (Å²) in [6.07, 6.45) is 3.40. The Labute approximate surface area is 191 Å². The molecule has 0 atom stereocenters. The van der Waals surface area contributed by atoms with Gasteiger partial charge in [-0.25, -0.2) is 9.97 Å². The Hall–Kier alpha value is -3.91. The minimum atomic E-state index is -0.176. The van der Waals surface area contributed by atoms with Crippen LogP contribution >= 0.6 is 0 Å². The molecule has 33 heavy (non-hydrogen) atoms. The van der Waals surface area contributed by atoms with Crippen molar-refractivity contribution in [1.29, 1.82) is 0 Å². The van der Waals surface area contributed by atoms with E-state index < -0.39 is 0 Å². The molecule has 0 spiro atoms. The van der Waals surface area contributed by atoms with Gasteiger partial charge in [-0.3, -0.25) is 4.79 Å². The van der Waals surface area contributed by atoms with Gasteiger partial charge in [-0.2, -0.15) is 0 Å². The lowest BCUT2D eigenvalue weighted by molar-refractivity contribution is 0.122. The van der Waals surface area contributed by atoms with Crippen LogP contribution in [0.1, 0.15) is 11.1 Å². The fourth-order valence-corrected chi connectivity index (χ4v) is 3.97. The lowest BCUT2D eigenvalue weighted by Crippen LogP contribution is -2.36. The minimum absolute atomic E-state index is 0.176. The fraction of sp³-hybridized carbons (Fsp3) is 0.240. The molecular weight excluding hydrogens is 416 g/mol. The van der Waals surface area contributed by atoms with Crippen LogP contribution in [0.3, 0.4) is 0 Å². The van der Waals surface area contributed by atoms with Crippen LogP contribution in [0.25, 0.3) is 10.8 Å². The molecule has 5 rings (SSSR count). The van der Waals surface area contributed by atoms with Crippen LogP contribution in [0.4, 0.5) is 23.1 Å². The summed E-state index contributed by atoms with van der Waals surface area (Å²) >= 11 is 0. The first-order chi connectivity index (χ1) is 16.2. The number of fused-ring (bicyclic) bond motifs is 1. The second-order valence-corrected chi connectivity index (χ2v) is 8.09. The molecule has 0 aliphatic carbocycles. The smallest absolute Gasteiger partial charge is 0.259 e. The van der Waals surface area contributed by atoms with Gasteiger partial charge < -0.3 is 25.3 Å². The number of H-pyrrole nitrogens is 1. The topological polar surface area (TPSA) is 95.2 Å². The highest BCUT2D eigenvalue weighted by atomic mass is 16.5. The Morgan fingerprint density at radius 3 is 2.67 bits per heavy atom. The third-order valence-corrected chi connectivity index (χ3v) is 5.70. The van der Waals surface area contributed by atoms with Gasteiger partial charge in [-0.05, 0) is 59.8 Å². The Balaban J connectivity index is 1.39. The number of aryl methyl sites for hydroxylation is 1. The summed E-state index contributed by atoms with van der Waals surface area (Å²) in [5, 5.41) is 7.94. The molecule has 1 fully saturated rings. The Morgan fingerprint density at radius 2 is 1.88 bits per heavy atom. The van der Waals surface area contributed by atoms with Gasteiger partial charge in [0, 0.05) is 37.7 Å². The van der Waals surface area contributed by atoms with Gasteiger partial charge >= 0.3 is 0 Å². The lowest BCUT2D eigenvalue weighted by atomic mass is 10.1. The van der Waals surface area contributed by atoms with Crippen molar-refractivity contribution in [2.24, 2.45) is 0 Å². The second-order valence-electron chi connectivity index (χ2n) is 8.09. The molecule has 0 saturated carbocycles. The van der Waals surface area contributed by atoms with Gasteiger partial charge in [0.2, 0.25) is 0 Å². The van der Waals surface area contributed by atoms with Crippen molar-refractivity contribution in [3.63, 3.8) is 0 Å². The quantitative estimate of drug-likeness (QED) is 0.418. The third kappa shape index (κ3) is 4.80. The number of aromatic amines is 1. The van der Waals surface area contributed by atoms with E-state index in [0.29, 0.717) is 29.4 Å². The molecule has 4 heterocycles. The number of hydrogen-bond acceptors (Lipinski definition) is 7. The molecule has 3 N–H and O–H groups in total. The average Bonchev–Trinajstić information content (AvgIpc) is 2.83. The summed E-state index contributed by atoms with van der Waals surface area (Å²) in [4.78, 5) is 26.7. The lowest BCUT2D eigenvalue weighted by Gasteiger charge is -2.28. The predicted octanol–water partition coefficient (Wildman–Crippen LogP) is 3.82. The average molecular weight is 443 g/mol. The maximum atomic E-state index is 12.6. The summed E-state index contributed by atoms with van der Waals surface area (Å²) in [6, 6.07) is 16.1. The molecule has 0 radical (unpaired) electrons. The van der Waals surface area contributed by atoms with Crippen LogP contribution < -0.4 is 21.1 Å². The van der Waals surface area contributed by atoms with Crippen molar-refractivity contribution in [3.05, 3.63) is 82.4 Å². The highest BCUT2D eigenvalue weighted by Crippen LogP contribution is 2.24. The van der Waals surface area contributed by atoms with Crippen LogP contribution in [-0.4, -0.2) is 41.3 Å². The zero-order chi connectivity index (χ0) is 22.6. The van der Waals surface area contributed by atoms with Crippen molar-refractivity contribution < 1.29 is 4.74 Å². The van der Waals surface area contributed by atoms with Crippen molar-refractivity contribution in [2.75, 3.05) is 41.8 Å². The molecule has 0 unspecified atom stereocenters. The summed E-state index contributed by atoms with van der Waals surface area (Å²) in [5.41, 5.74) is 3.22. The number of anilines is 4. The maximum absolute atomic E-state index is 12.6. The van der Waals surface area contributed by atoms with Crippen LogP contribution in [-0.2, 0) is 11.3 Å². The van der Waals surface area contributed by atoms with Gasteiger partial charge in [-0.15, -0.1) is 0 Å². The van der Waals surface area contributed by atoms with Gasteiger partial charge in [0.1, 0.15) is 17.5 Å². The van der Waals surface area contributed by atoms with E-state index in [1.165, 1.54) is 5.69 Å². The van der Waals surface area contributed by atoms with E-state index in [2.05, 4.69) is 54.8 Å². The van der Waals surface area contributed by atoms with Crippen LogP contribution in [0.2, 0.25) is 0 Å². The predicted molar refractivity (Wildman–Crippen MR) is 131 cm³/mol. The molecule has 0 amide bonds. The second kappa shape index (κ2) is 9.30. The van der Waals surface area contributed by atoms with E-state index >= 15 is 0 Å². The van der Waals surface area contributed by atoms with Crippen molar-refractivity contribution in [2.45, 2.75) is 13.5 Å². The van der Waals surface area contributed by atoms with Crippen LogP contribution in [0.15, 0.2) is 65.7 Å². The molecule has 8 heteroatoms.